The van der Waals surface area contributed by atoms with E-state index in [1.807, 2.05) is 24.3 Å². The molecule has 1 aliphatic rings. The van der Waals surface area contributed by atoms with Gasteiger partial charge in [0.1, 0.15) is 0 Å². The zero-order valence-corrected chi connectivity index (χ0v) is 8.58. The summed E-state index contributed by atoms with van der Waals surface area (Å²) in [7, 11) is 0. The van der Waals surface area contributed by atoms with Crippen LogP contribution in [0.4, 0.5) is 5.69 Å². The Bertz CT molecular complexity index is 357. The molecule has 1 aromatic carbocycles. The quantitative estimate of drug-likeness (QED) is 0.761. The van der Waals surface area contributed by atoms with Crippen LogP contribution < -0.4 is 5.32 Å². The zero-order valence-electron chi connectivity index (χ0n) is 8.58. The Kier molecular flexibility index (Phi) is 2.28. The van der Waals surface area contributed by atoms with Crippen molar-refractivity contribution in [2.75, 3.05) is 5.32 Å². The van der Waals surface area contributed by atoms with Gasteiger partial charge in [-0.1, -0.05) is 32.0 Å². The number of fused-ring (bicyclic) bond motifs is 1. The summed E-state index contributed by atoms with van der Waals surface area (Å²) < 4.78 is 0. The molecule has 0 radical (unpaired) electrons. The van der Waals surface area contributed by atoms with E-state index in [2.05, 4.69) is 19.2 Å². The van der Waals surface area contributed by atoms with Crippen LogP contribution in [0.1, 0.15) is 31.7 Å². The number of para-hydroxylation sites is 1. The molecule has 0 aromatic heterocycles. The lowest BCUT2D eigenvalue weighted by Crippen LogP contribution is -2.13. The van der Waals surface area contributed by atoms with Crippen molar-refractivity contribution in [2.45, 2.75) is 26.2 Å². The van der Waals surface area contributed by atoms with E-state index < -0.39 is 0 Å². The Morgan fingerprint density at radius 1 is 1.36 bits per heavy atom. The van der Waals surface area contributed by atoms with Gasteiger partial charge in [-0.05, 0) is 24.0 Å². The zero-order chi connectivity index (χ0) is 10.1. The van der Waals surface area contributed by atoms with Crippen molar-refractivity contribution in [1.82, 2.24) is 0 Å². The molecule has 2 heteroatoms. The van der Waals surface area contributed by atoms with Crippen molar-refractivity contribution in [3.63, 3.8) is 0 Å². The van der Waals surface area contributed by atoms with Crippen LogP contribution in [0.15, 0.2) is 24.3 Å². The summed E-state index contributed by atoms with van der Waals surface area (Å²) in [5.41, 5.74) is 2.15. The van der Waals surface area contributed by atoms with E-state index >= 15 is 0 Å². The minimum atomic E-state index is 0.0613. The maximum atomic E-state index is 11.7. The molecule has 2 nitrogen and oxygen atoms in total. The molecule has 0 spiro atoms. The first-order valence-electron chi connectivity index (χ1n) is 5.08. The Hall–Kier alpha value is -1.31. The number of carbonyl (C=O) groups is 1. The summed E-state index contributed by atoms with van der Waals surface area (Å²) in [6.07, 6.45) is 0.933. The van der Waals surface area contributed by atoms with Gasteiger partial charge in [-0.2, -0.15) is 0 Å². The van der Waals surface area contributed by atoms with Gasteiger partial charge in [0.15, 0.2) is 0 Å². The second-order valence-corrected chi connectivity index (χ2v) is 4.26. The smallest absolute Gasteiger partial charge is 0.232 e. The SMILES string of the molecule is CC(C)C[C@@H]1C(=O)Nc2ccccc21. The van der Waals surface area contributed by atoms with Crippen molar-refractivity contribution < 1.29 is 4.79 Å². The van der Waals surface area contributed by atoms with E-state index in [9.17, 15) is 4.79 Å². The van der Waals surface area contributed by atoms with E-state index in [1.54, 1.807) is 0 Å². The lowest BCUT2D eigenvalue weighted by Gasteiger charge is -2.10. The number of hydrogen-bond donors (Lipinski definition) is 1. The molecular formula is C12H15NO. The molecule has 2 rings (SSSR count). The molecule has 0 aliphatic carbocycles. The number of amides is 1. The van der Waals surface area contributed by atoms with Crippen LogP contribution in [-0.4, -0.2) is 5.91 Å². The third-order valence-corrected chi connectivity index (χ3v) is 2.62. The summed E-state index contributed by atoms with van der Waals surface area (Å²) in [4.78, 5) is 11.7. The van der Waals surface area contributed by atoms with Crippen molar-refractivity contribution >= 4 is 11.6 Å². The van der Waals surface area contributed by atoms with Gasteiger partial charge in [-0.15, -0.1) is 0 Å². The van der Waals surface area contributed by atoms with E-state index in [0.29, 0.717) is 5.92 Å². The molecular weight excluding hydrogens is 174 g/mol. The molecule has 1 heterocycles. The van der Waals surface area contributed by atoms with Gasteiger partial charge in [0.25, 0.3) is 0 Å². The minimum absolute atomic E-state index is 0.0613. The third-order valence-electron chi connectivity index (χ3n) is 2.62. The fraction of sp³-hybridized carbons (Fsp3) is 0.417. The highest BCUT2D eigenvalue weighted by atomic mass is 16.2. The first kappa shape index (κ1) is 9.25. The van der Waals surface area contributed by atoms with Crippen molar-refractivity contribution in [2.24, 2.45) is 5.92 Å². The maximum absolute atomic E-state index is 11.7. The summed E-state index contributed by atoms with van der Waals surface area (Å²) in [6, 6.07) is 7.96. The molecule has 0 bridgehead atoms. The van der Waals surface area contributed by atoms with Gasteiger partial charge in [-0.25, -0.2) is 0 Å². The van der Waals surface area contributed by atoms with Gasteiger partial charge in [-0.3, -0.25) is 4.79 Å². The van der Waals surface area contributed by atoms with Crippen molar-refractivity contribution in [3.05, 3.63) is 29.8 Å². The molecule has 0 fully saturated rings. The first-order valence-corrected chi connectivity index (χ1v) is 5.08. The van der Waals surface area contributed by atoms with Gasteiger partial charge < -0.3 is 5.32 Å². The predicted molar refractivity (Wildman–Crippen MR) is 57.3 cm³/mol. The molecule has 1 amide bonds. The molecule has 0 saturated heterocycles. The lowest BCUT2D eigenvalue weighted by atomic mass is 9.92. The third kappa shape index (κ3) is 1.52. The van der Waals surface area contributed by atoms with Gasteiger partial charge in [0, 0.05) is 5.69 Å². The van der Waals surface area contributed by atoms with Gasteiger partial charge >= 0.3 is 0 Å². The fourth-order valence-electron chi connectivity index (χ4n) is 1.98. The number of benzene rings is 1. The largest absolute Gasteiger partial charge is 0.325 e. The molecule has 14 heavy (non-hydrogen) atoms. The van der Waals surface area contributed by atoms with Gasteiger partial charge in [0.2, 0.25) is 5.91 Å². The Morgan fingerprint density at radius 2 is 2.07 bits per heavy atom. The van der Waals surface area contributed by atoms with E-state index in [1.165, 1.54) is 0 Å². The highest BCUT2D eigenvalue weighted by Gasteiger charge is 2.30. The van der Waals surface area contributed by atoms with Crippen LogP contribution in [-0.2, 0) is 4.79 Å². The van der Waals surface area contributed by atoms with E-state index in [-0.39, 0.29) is 11.8 Å². The highest BCUT2D eigenvalue weighted by molar-refractivity contribution is 6.02. The van der Waals surface area contributed by atoms with Crippen molar-refractivity contribution in [3.8, 4) is 0 Å². The summed E-state index contributed by atoms with van der Waals surface area (Å²) in [5, 5.41) is 2.91. The Morgan fingerprint density at radius 3 is 2.79 bits per heavy atom. The summed E-state index contributed by atoms with van der Waals surface area (Å²) in [6.45, 7) is 4.29. The fourth-order valence-corrected chi connectivity index (χ4v) is 1.98. The second kappa shape index (κ2) is 3.45. The predicted octanol–water partition coefficient (Wildman–Crippen LogP) is 2.77. The van der Waals surface area contributed by atoms with E-state index in [0.717, 1.165) is 17.7 Å². The van der Waals surface area contributed by atoms with Crippen LogP contribution in [0, 0.1) is 5.92 Å². The van der Waals surface area contributed by atoms with Crippen LogP contribution in [0.5, 0.6) is 0 Å². The average Bonchev–Trinajstić information content (AvgIpc) is 2.43. The summed E-state index contributed by atoms with van der Waals surface area (Å²) >= 11 is 0. The molecule has 74 valence electrons. The number of nitrogens with one attached hydrogen (secondary N) is 1. The van der Waals surface area contributed by atoms with E-state index in [4.69, 9.17) is 0 Å². The Balaban J connectivity index is 2.30. The number of carbonyl (C=O) groups excluding carboxylic acids is 1. The standard InChI is InChI=1S/C12H15NO/c1-8(2)7-10-9-5-3-4-6-11(9)13-12(10)14/h3-6,8,10H,7H2,1-2H3,(H,13,14)/t10-/m0/s1. The normalized spacial score (nSPS) is 19.6. The van der Waals surface area contributed by atoms with Crippen LogP contribution in [0.3, 0.4) is 0 Å². The number of anilines is 1. The maximum Gasteiger partial charge on any atom is 0.232 e. The molecule has 1 aliphatic heterocycles. The monoisotopic (exact) mass is 189 g/mol. The molecule has 0 saturated carbocycles. The molecule has 1 atom stereocenters. The van der Waals surface area contributed by atoms with Gasteiger partial charge in [0.05, 0.1) is 5.92 Å². The van der Waals surface area contributed by atoms with Crippen molar-refractivity contribution in [1.29, 1.82) is 0 Å². The molecule has 1 N–H and O–H groups in total. The molecule has 1 aromatic rings. The van der Waals surface area contributed by atoms with Crippen LogP contribution in [0.2, 0.25) is 0 Å². The van der Waals surface area contributed by atoms with Crippen LogP contribution in [0.25, 0.3) is 0 Å². The summed E-state index contributed by atoms with van der Waals surface area (Å²) in [5.74, 6) is 0.767. The first-order chi connectivity index (χ1) is 6.68. The number of rotatable bonds is 2. The molecule has 0 unspecified atom stereocenters. The highest BCUT2D eigenvalue weighted by Crippen LogP contribution is 2.35. The number of hydrogen-bond acceptors (Lipinski definition) is 1. The Labute approximate surface area is 84.3 Å². The minimum Gasteiger partial charge on any atom is -0.325 e. The average molecular weight is 189 g/mol. The lowest BCUT2D eigenvalue weighted by molar-refractivity contribution is -0.117. The van der Waals surface area contributed by atoms with Crippen LogP contribution >= 0.6 is 0 Å². The second-order valence-electron chi connectivity index (χ2n) is 4.26. The topological polar surface area (TPSA) is 29.1 Å².